The highest BCUT2D eigenvalue weighted by molar-refractivity contribution is 9.10. The van der Waals surface area contributed by atoms with Crippen LogP contribution in [0.4, 0.5) is 0 Å². The van der Waals surface area contributed by atoms with Crippen LogP contribution in [0.1, 0.15) is 25.7 Å². The van der Waals surface area contributed by atoms with Crippen LogP contribution in [0.25, 0.3) is 0 Å². The fourth-order valence-electron chi connectivity index (χ4n) is 2.22. The number of sulfonamides is 1. The Morgan fingerprint density at radius 1 is 1.28 bits per heavy atom. The van der Waals surface area contributed by atoms with Gasteiger partial charge in [0.05, 0.1) is 11.0 Å². The van der Waals surface area contributed by atoms with Gasteiger partial charge >= 0.3 is 0 Å². The third-order valence-corrected chi connectivity index (χ3v) is 5.63. The normalized spacial score (nSPS) is 25.0. The highest BCUT2D eigenvalue weighted by Crippen LogP contribution is 2.24. The average molecular weight is 334 g/mol. The molecule has 6 heteroatoms. The highest BCUT2D eigenvalue weighted by Gasteiger charge is 2.26. The number of benzene rings is 1. The molecule has 18 heavy (non-hydrogen) atoms. The van der Waals surface area contributed by atoms with Crippen molar-refractivity contribution in [1.82, 2.24) is 4.72 Å². The van der Waals surface area contributed by atoms with Gasteiger partial charge in [-0.05, 0) is 53.7 Å². The molecule has 2 atom stereocenters. The number of rotatable bonds is 3. The Morgan fingerprint density at radius 3 is 2.67 bits per heavy atom. The number of aliphatic hydroxyl groups is 1. The molecule has 0 spiro atoms. The predicted octanol–water partition coefficient (Wildman–Crippen LogP) is 2.03. The lowest BCUT2D eigenvalue weighted by Crippen LogP contribution is -2.39. The van der Waals surface area contributed by atoms with Crippen molar-refractivity contribution < 1.29 is 13.5 Å². The fourth-order valence-corrected chi connectivity index (χ4v) is 4.50. The van der Waals surface area contributed by atoms with Crippen LogP contribution in [-0.4, -0.2) is 25.7 Å². The van der Waals surface area contributed by atoms with E-state index in [-0.39, 0.29) is 10.9 Å². The largest absolute Gasteiger partial charge is 0.393 e. The quantitative estimate of drug-likeness (QED) is 0.889. The minimum atomic E-state index is -3.52. The van der Waals surface area contributed by atoms with Crippen molar-refractivity contribution in [3.05, 3.63) is 28.7 Å². The zero-order valence-electron chi connectivity index (χ0n) is 9.84. The molecule has 1 aliphatic rings. The molecule has 1 saturated carbocycles. The van der Waals surface area contributed by atoms with Crippen molar-refractivity contribution in [2.24, 2.45) is 0 Å². The second-order valence-electron chi connectivity index (χ2n) is 4.57. The first-order valence-corrected chi connectivity index (χ1v) is 8.21. The molecule has 1 fully saturated rings. The molecule has 100 valence electrons. The first-order valence-electron chi connectivity index (χ1n) is 5.94. The van der Waals surface area contributed by atoms with Crippen molar-refractivity contribution >= 4 is 26.0 Å². The smallest absolute Gasteiger partial charge is 0.241 e. The summed E-state index contributed by atoms with van der Waals surface area (Å²) in [4.78, 5) is 0.241. The Kier molecular flexibility index (Phi) is 4.42. The third-order valence-electron chi connectivity index (χ3n) is 3.09. The van der Waals surface area contributed by atoms with Crippen LogP contribution >= 0.6 is 15.9 Å². The predicted molar refractivity (Wildman–Crippen MR) is 72.7 cm³/mol. The minimum absolute atomic E-state index is 0.175. The van der Waals surface area contributed by atoms with Crippen LogP contribution in [0, 0.1) is 0 Å². The fraction of sp³-hybridized carbons (Fsp3) is 0.500. The van der Waals surface area contributed by atoms with E-state index in [2.05, 4.69) is 20.7 Å². The zero-order chi connectivity index (χ0) is 13.2. The molecule has 1 aliphatic carbocycles. The summed E-state index contributed by atoms with van der Waals surface area (Å²) in [5.74, 6) is 0. The summed E-state index contributed by atoms with van der Waals surface area (Å²) in [6, 6.07) is 6.55. The summed E-state index contributed by atoms with van der Waals surface area (Å²) in [6.45, 7) is 0. The van der Waals surface area contributed by atoms with Gasteiger partial charge in [0.15, 0.2) is 0 Å². The second kappa shape index (κ2) is 5.69. The van der Waals surface area contributed by atoms with E-state index in [4.69, 9.17) is 0 Å². The van der Waals surface area contributed by atoms with Crippen molar-refractivity contribution in [2.75, 3.05) is 0 Å². The number of nitrogens with one attached hydrogen (secondary N) is 1. The Labute approximate surface area is 116 Å². The van der Waals surface area contributed by atoms with Crippen molar-refractivity contribution in [1.29, 1.82) is 0 Å². The standard InChI is InChI=1S/C12H16BrNO3S/c13-11-6-1-2-7-12(11)18(16,17)14-9-4-3-5-10(15)8-9/h1-2,6-7,9-10,14-15H,3-5,8H2. The summed E-state index contributed by atoms with van der Waals surface area (Å²) in [5.41, 5.74) is 0. The molecular formula is C12H16BrNO3S. The summed E-state index contributed by atoms with van der Waals surface area (Å²) in [7, 11) is -3.52. The topological polar surface area (TPSA) is 66.4 Å². The van der Waals surface area contributed by atoms with Gasteiger partial charge in [0.2, 0.25) is 10.0 Å². The molecule has 2 N–H and O–H groups in total. The van der Waals surface area contributed by atoms with E-state index in [1.54, 1.807) is 24.3 Å². The maximum atomic E-state index is 12.2. The molecule has 0 heterocycles. The van der Waals surface area contributed by atoms with Crippen LogP contribution in [0.15, 0.2) is 33.6 Å². The van der Waals surface area contributed by atoms with E-state index in [1.807, 2.05) is 0 Å². The number of hydrogen-bond acceptors (Lipinski definition) is 3. The third kappa shape index (κ3) is 3.32. The molecule has 0 aromatic heterocycles. The molecule has 2 rings (SSSR count). The molecule has 1 aromatic carbocycles. The lowest BCUT2D eigenvalue weighted by atomic mass is 9.94. The van der Waals surface area contributed by atoms with Gasteiger partial charge in [-0.25, -0.2) is 13.1 Å². The number of hydrogen-bond donors (Lipinski definition) is 2. The van der Waals surface area contributed by atoms with Gasteiger partial charge in [0.1, 0.15) is 0 Å². The van der Waals surface area contributed by atoms with Gasteiger partial charge in [0.25, 0.3) is 0 Å². The lowest BCUT2D eigenvalue weighted by Gasteiger charge is -2.26. The van der Waals surface area contributed by atoms with Crippen molar-refractivity contribution in [2.45, 2.75) is 42.7 Å². The first kappa shape index (κ1) is 14.0. The summed E-state index contributed by atoms with van der Waals surface area (Å²) < 4.78 is 27.6. The molecule has 0 radical (unpaired) electrons. The van der Waals surface area contributed by atoms with E-state index in [9.17, 15) is 13.5 Å². The van der Waals surface area contributed by atoms with E-state index in [0.717, 1.165) is 19.3 Å². The Balaban J connectivity index is 2.15. The van der Waals surface area contributed by atoms with E-state index < -0.39 is 16.1 Å². The molecular weight excluding hydrogens is 318 g/mol. The van der Waals surface area contributed by atoms with E-state index >= 15 is 0 Å². The van der Waals surface area contributed by atoms with Crippen LogP contribution in [0.2, 0.25) is 0 Å². The lowest BCUT2D eigenvalue weighted by molar-refractivity contribution is 0.117. The van der Waals surface area contributed by atoms with Crippen LogP contribution < -0.4 is 4.72 Å². The molecule has 1 aromatic rings. The van der Waals surface area contributed by atoms with Gasteiger partial charge < -0.3 is 5.11 Å². The molecule has 0 amide bonds. The molecule has 0 bridgehead atoms. The summed E-state index contributed by atoms with van der Waals surface area (Å²) in [5, 5.41) is 9.56. The molecule has 4 nitrogen and oxygen atoms in total. The number of aliphatic hydroxyl groups excluding tert-OH is 1. The Hall–Kier alpha value is -0.430. The molecule has 2 unspecified atom stereocenters. The Morgan fingerprint density at radius 2 is 2.00 bits per heavy atom. The average Bonchev–Trinajstić information content (AvgIpc) is 2.28. The van der Waals surface area contributed by atoms with Crippen LogP contribution in [-0.2, 0) is 10.0 Å². The number of halogens is 1. The van der Waals surface area contributed by atoms with Gasteiger partial charge in [-0.3, -0.25) is 0 Å². The summed E-state index contributed by atoms with van der Waals surface area (Å²) >= 11 is 3.24. The SMILES string of the molecule is O=S(=O)(NC1CCCC(O)C1)c1ccccc1Br. The van der Waals surface area contributed by atoms with E-state index in [0.29, 0.717) is 10.9 Å². The van der Waals surface area contributed by atoms with E-state index in [1.165, 1.54) is 0 Å². The second-order valence-corrected chi connectivity index (χ2v) is 7.11. The Bertz CT molecular complexity index is 518. The maximum absolute atomic E-state index is 12.2. The van der Waals surface area contributed by atoms with Crippen LogP contribution in [0.3, 0.4) is 0 Å². The zero-order valence-corrected chi connectivity index (χ0v) is 12.2. The van der Waals surface area contributed by atoms with Crippen LogP contribution in [0.5, 0.6) is 0 Å². The monoisotopic (exact) mass is 333 g/mol. The van der Waals surface area contributed by atoms with Gasteiger partial charge in [-0.1, -0.05) is 12.1 Å². The van der Waals surface area contributed by atoms with Gasteiger partial charge in [0, 0.05) is 10.5 Å². The molecule has 0 aliphatic heterocycles. The molecule has 0 saturated heterocycles. The highest BCUT2D eigenvalue weighted by atomic mass is 79.9. The van der Waals surface area contributed by atoms with Crippen molar-refractivity contribution in [3.8, 4) is 0 Å². The van der Waals surface area contributed by atoms with Crippen molar-refractivity contribution in [3.63, 3.8) is 0 Å². The first-order chi connectivity index (χ1) is 8.49. The maximum Gasteiger partial charge on any atom is 0.241 e. The van der Waals surface area contributed by atoms with Gasteiger partial charge in [-0.15, -0.1) is 0 Å². The minimum Gasteiger partial charge on any atom is -0.393 e. The van der Waals surface area contributed by atoms with Gasteiger partial charge in [-0.2, -0.15) is 0 Å². The summed E-state index contributed by atoms with van der Waals surface area (Å²) in [6.07, 6.45) is 2.48.